The predicted molar refractivity (Wildman–Crippen MR) is 99.0 cm³/mol. The SMILES string of the molecule is COc1cc2nc(CCC(=O)c3ccccc3)cc(Cl)c2cc1OC. The molecular formula is C20H18ClNO3. The zero-order valence-electron chi connectivity index (χ0n) is 14.1. The van der Waals surface area contributed by atoms with E-state index in [-0.39, 0.29) is 5.78 Å². The molecule has 0 saturated heterocycles. The van der Waals surface area contributed by atoms with Crippen LogP contribution in [0.5, 0.6) is 11.5 Å². The van der Waals surface area contributed by atoms with Crippen LogP contribution in [0, 0.1) is 0 Å². The molecule has 25 heavy (non-hydrogen) atoms. The van der Waals surface area contributed by atoms with E-state index < -0.39 is 0 Å². The Morgan fingerprint density at radius 2 is 1.72 bits per heavy atom. The molecule has 3 aromatic rings. The number of fused-ring (bicyclic) bond motifs is 1. The van der Waals surface area contributed by atoms with Crippen molar-refractivity contribution in [2.24, 2.45) is 0 Å². The summed E-state index contributed by atoms with van der Waals surface area (Å²) < 4.78 is 10.6. The number of methoxy groups -OCH3 is 2. The number of carbonyl (C=O) groups excluding carboxylic acids is 1. The molecule has 0 saturated carbocycles. The van der Waals surface area contributed by atoms with Crippen LogP contribution in [-0.2, 0) is 6.42 Å². The van der Waals surface area contributed by atoms with Crippen molar-refractivity contribution in [3.8, 4) is 11.5 Å². The summed E-state index contributed by atoms with van der Waals surface area (Å²) in [4.78, 5) is 16.9. The first-order valence-electron chi connectivity index (χ1n) is 7.91. The molecule has 0 atom stereocenters. The number of aromatic nitrogens is 1. The van der Waals surface area contributed by atoms with Gasteiger partial charge < -0.3 is 9.47 Å². The Balaban J connectivity index is 1.86. The largest absolute Gasteiger partial charge is 0.493 e. The molecule has 0 aliphatic heterocycles. The van der Waals surface area contributed by atoms with E-state index in [1.54, 1.807) is 26.4 Å². The van der Waals surface area contributed by atoms with E-state index >= 15 is 0 Å². The van der Waals surface area contributed by atoms with Crippen molar-refractivity contribution in [2.75, 3.05) is 14.2 Å². The van der Waals surface area contributed by atoms with Crippen molar-refractivity contribution in [3.63, 3.8) is 0 Å². The maximum atomic E-state index is 12.3. The molecule has 3 rings (SSSR count). The number of ether oxygens (including phenoxy) is 2. The lowest BCUT2D eigenvalue weighted by Crippen LogP contribution is -2.02. The minimum atomic E-state index is 0.0888. The Labute approximate surface area is 151 Å². The number of carbonyl (C=O) groups is 1. The average Bonchev–Trinajstić information content (AvgIpc) is 2.65. The first-order valence-corrected chi connectivity index (χ1v) is 8.29. The summed E-state index contributed by atoms with van der Waals surface area (Å²) in [6, 6.07) is 14.7. The molecule has 1 heterocycles. The Morgan fingerprint density at radius 1 is 1.04 bits per heavy atom. The smallest absolute Gasteiger partial charge is 0.163 e. The third-order valence-electron chi connectivity index (χ3n) is 4.02. The van der Waals surface area contributed by atoms with Crippen LogP contribution in [0.3, 0.4) is 0 Å². The van der Waals surface area contributed by atoms with Crippen molar-refractivity contribution in [3.05, 3.63) is 64.8 Å². The van der Waals surface area contributed by atoms with Gasteiger partial charge in [-0.25, -0.2) is 0 Å². The van der Waals surface area contributed by atoms with E-state index in [1.165, 1.54) is 0 Å². The highest BCUT2D eigenvalue weighted by molar-refractivity contribution is 6.35. The van der Waals surface area contributed by atoms with Gasteiger partial charge in [-0.05, 0) is 18.6 Å². The van der Waals surface area contributed by atoms with Crippen LogP contribution in [0.4, 0.5) is 0 Å². The average molecular weight is 356 g/mol. The van der Waals surface area contributed by atoms with Crippen LogP contribution < -0.4 is 9.47 Å². The molecule has 0 aliphatic rings. The first kappa shape index (κ1) is 17.2. The topological polar surface area (TPSA) is 48.4 Å². The number of halogens is 1. The maximum absolute atomic E-state index is 12.3. The molecular weight excluding hydrogens is 338 g/mol. The van der Waals surface area contributed by atoms with Crippen molar-refractivity contribution in [2.45, 2.75) is 12.8 Å². The van der Waals surface area contributed by atoms with Crippen LogP contribution in [0.15, 0.2) is 48.5 Å². The van der Waals surface area contributed by atoms with Crippen LogP contribution in [0.25, 0.3) is 10.9 Å². The highest BCUT2D eigenvalue weighted by Gasteiger charge is 2.12. The van der Waals surface area contributed by atoms with E-state index in [2.05, 4.69) is 4.98 Å². The molecule has 0 fully saturated rings. The fourth-order valence-corrected chi connectivity index (χ4v) is 2.98. The monoisotopic (exact) mass is 355 g/mol. The molecule has 0 aliphatic carbocycles. The summed E-state index contributed by atoms with van der Waals surface area (Å²) in [6.45, 7) is 0. The Kier molecular flexibility index (Phi) is 5.19. The second-order valence-corrected chi connectivity index (χ2v) is 6.02. The molecule has 4 nitrogen and oxygen atoms in total. The number of hydrogen-bond donors (Lipinski definition) is 0. The maximum Gasteiger partial charge on any atom is 0.163 e. The van der Waals surface area contributed by atoms with Crippen LogP contribution in [0.2, 0.25) is 5.02 Å². The van der Waals surface area contributed by atoms with Crippen LogP contribution in [-0.4, -0.2) is 25.0 Å². The Bertz CT molecular complexity index is 910. The van der Waals surface area contributed by atoms with Gasteiger partial charge in [0.15, 0.2) is 17.3 Å². The zero-order chi connectivity index (χ0) is 17.8. The number of nitrogens with zero attached hydrogens (tertiary/aromatic N) is 1. The van der Waals surface area contributed by atoms with Crippen molar-refractivity contribution >= 4 is 28.3 Å². The number of pyridine rings is 1. The van der Waals surface area contributed by atoms with E-state index in [4.69, 9.17) is 21.1 Å². The summed E-state index contributed by atoms with van der Waals surface area (Å²) >= 11 is 6.40. The molecule has 0 amide bonds. The number of ketones is 1. The molecule has 0 bridgehead atoms. The lowest BCUT2D eigenvalue weighted by Gasteiger charge is -2.11. The van der Waals surface area contributed by atoms with Gasteiger partial charge in [-0.15, -0.1) is 0 Å². The second kappa shape index (κ2) is 7.53. The summed E-state index contributed by atoms with van der Waals surface area (Å²) in [6.07, 6.45) is 0.907. The molecule has 0 unspecified atom stereocenters. The lowest BCUT2D eigenvalue weighted by molar-refractivity contribution is 0.0982. The van der Waals surface area contributed by atoms with Gasteiger partial charge in [-0.1, -0.05) is 41.9 Å². The molecule has 1 aromatic heterocycles. The van der Waals surface area contributed by atoms with Crippen molar-refractivity contribution < 1.29 is 14.3 Å². The molecule has 2 aromatic carbocycles. The highest BCUT2D eigenvalue weighted by Crippen LogP contribution is 2.34. The van der Waals surface area contributed by atoms with E-state index in [0.717, 1.165) is 11.1 Å². The van der Waals surface area contributed by atoms with Gasteiger partial charge in [-0.3, -0.25) is 9.78 Å². The number of rotatable bonds is 6. The van der Waals surface area contributed by atoms with Gasteiger partial charge in [-0.2, -0.15) is 0 Å². The summed E-state index contributed by atoms with van der Waals surface area (Å²) in [5, 5.41) is 1.37. The van der Waals surface area contributed by atoms with Gasteiger partial charge in [0.2, 0.25) is 0 Å². The number of hydrogen-bond acceptors (Lipinski definition) is 4. The van der Waals surface area contributed by atoms with Crippen LogP contribution >= 0.6 is 11.6 Å². The Hall–Kier alpha value is -2.59. The fourth-order valence-electron chi connectivity index (χ4n) is 2.70. The Morgan fingerprint density at radius 3 is 2.40 bits per heavy atom. The molecule has 0 spiro atoms. The van der Waals surface area contributed by atoms with Gasteiger partial charge in [0.1, 0.15) is 0 Å². The quantitative estimate of drug-likeness (QED) is 0.600. The highest BCUT2D eigenvalue weighted by atomic mass is 35.5. The normalized spacial score (nSPS) is 10.7. The minimum absolute atomic E-state index is 0.0888. The third kappa shape index (κ3) is 3.74. The van der Waals surface area contributed by atoms with Crippen molar-refractivity contribution in [1.82, 2.24) is 4.98 Å². The predicted octanol–water partition coefficient (Wildman–Crippen LogP) is 4.72. The fraction of sp³-hybridized carbons (Fsp3) is 0.200. The lowest BCUT2D eigenvalue weighted by atomic mass is 10.0. The summed E-state index contributed by atoms with van der Waals surface area (Å²) in [5.41, 5.74) is 2.20. The molecule has 128 valence electrons. The zero-order valence-corrected chi connectivity index (χ0v) is 14.8. The van der Waals surface area contributed by atoms with Gasteiger partial charge in [0, 0.05) is 29.1 Å². The second-order valence-electron chi connectivity index (χ2n) is 5.61. The van der Waals surface area contributed by atoms with E-state index in [9.17, 15) is 4.79 Å². The summed E-state index contributed by atoms with van der Waals surface area (Å²) in [5.74, 6) is 1.28. The standard InChI is InChI=1S/C20H18ClNO3/c1-24-19-11-15-16(21)10-14(22-17(15)12-20(19)25-2)8-9-18(23)13-6-4-3-5-7-13/h3-7,10-12H,8-9H2,1-2H3. The van der Waals surface area contributed by atoms with E-state index in [1.807, 2.05) is 36.4 Å². The number of aryl methyl sites for hydroxylation is 1. The molecule has 0 radical (unpaired) electrons. The van der Waals surface area contributed by atoms with Gasteiger partial charge >= 0.3 is 0 Å². The van der Waals surface area contributed by atoms with Gasteiger partial charge in [0.05, 0.1) is 24.8 Å². The summed E-state index contributed by atoms with van der Waals surface area (Å²) in [7, 11) is 3.16. The first-order chi connectivity index (χ1) is 12.1. The number of benzene rings is 2. The molecule has 0 N–H and O–H groups in total. The van der Waals surface area contributed by atoms with Crippen LogP contribution in [0.1, 0.15) is 22.5 Å². The van der Waals surface area contributed by atoms with Gasteiger partial charge in [0.25, 0.3) is 0 Å². The minimum Gasteiger partial charge on any atom is -0.493 e. The van der Waals surface area contributed by atoms with Crippen molar-refractivity contribution in [1.29, 1.82) is 0 Å². The van der Waals surface area contributed by atoms with E-state index in [0.29, 0.717) is 40.4 Å². The third-order valence-corrected chi connectivity index (χ3v) is 4.33. The molecule has 5 heteroatoms. The number of Topliss-reactive ketones (excluding diaryl/α,β-unsaturated/α-hetero) is 1.